The van der Waals surface area contributed by atoms with E-state index >= 15 is 0 Å². The van der Waals surface area contributed by atoms with E-state index in [4.69, 9.17) is 0 Å². The molecule has 0 radical (unpaired) electrons. The molecule has 210 valence electrons. The summed E-state index contributed by atoms with van der Waals surface area (Å²) >= 11 is 0. The number of hydrogen-bond donors (Lipinski definition) is 3. The highest BCUT2D eigenvalue weighted by molar-refractivity contribution is 5.74. The molecule has 39 heavy (non-hydrogen) atoms. The molecule has 2 saturated heterocycles. The van der Waals surface area contributed by atoms with E-state index in [9.17, 15) is 9.90 Å². The van der Waals surface area contributed by atoms with E-state index in [1.165, 1.54) is 24.0 Å². The van der Waals surface area contributed by atoms with E-state index in [0.29, 0.717) is 25.7 Å². The third kappa shape index (κ3) is 6.77. The lowest BCUT2D eigenvalue weighted by atomic mass is 9.76. The number of aromatic amines is 2. The fourth-order valence-electron chi connectivity index (χ4n) is 6.69. The first-order valence-corrected chi connectivity index (χ1v) is 14.4. The maximum atomic E-state index is 12.3. The number of H-pyrrole nitrogens is 2. The van der Waals surface area contributed by atoms with Gasteiger partial charge in [0, 0.05) is 50.5 Å². The number of carboxylic acids is 1. The van der Waals surface area contributed by atoms with Crippen molar-refractivity contribution < 1.29 is 9.90 Å². The number of benzene rings is 1. The zero-order chi connectivity index (χ0) is 27.2. The van der Waals surface area contributed by atoms with Crippen LogP contribution in [-0.2, 0) is 31.0 Å². The third-order valence-electron chi connectivity index (χ3n) is 8.88. The van der Waals surface area contributed by atoms with Crippen molar-refractivity contribution in [2.75, 3.05) is 19.6 Å². The molecule has 2 aliphatic rings. The Morgan fingerprint density at radius 1 is 1.00 bits per heavy atom. The van der Waals surface area contributed by atoms with Gasteiger partial charge in [0.15, 0.2) is 0 Å². The van der Waals surface area contributed by atoms with E-state index < -0.39 is 12.0 Å². The van der Waals surface area contributed by atoms with Crippen LogP contribution >= 0.6 is 0 Å². The number of carbonyl (C=O) groups is 1. The van der Waals surface area contributed by atoms with Gasteiger partial charge in [0.25, 0.3) is 0 Å². The van der Waals surface area contributed by atoms with Crippen LogP contribution in [0.4, 0.5) is 0 Å². The second kappa shape index (κ2) is 12.4. The molecule has 2 fully saturated rings. The molecule has 1 atom stereocenters. The Morgan fingerprint density at radius 3 is 2.10 bits per heavy atom. The van der Waals surface area contributed by atoms with E-state index in [1.54, 1.807) is 12.4 Å². The Bertz CT molecular complexity index is 1110. The molecular weight excluding hydrogens is 490 g/mol. The summed E-state index contributed by atoms with van der Waals surface area (Å²) in [6, 6.07) is 8.91. The van der Waals surface area contributed by atoms with Crippen molar-refractivity contribution in [2.45, 2.75) is 84.2 Å². The van der Waals surface area contributed by atoms with Crippen molar-refractivity contribution in [3.05, 3.63) is 71.8 Å². The van der Waals surface area contributed by atoms with Crippen LogP contribution in [0.25, 0.3) is 0 Å². The molecule has 1 spiro atoms. The number of aromatic nitrogens is 4. The predicted molar refractivity (Wildman–Crippen MR) is 151 cm³/mol. The Kier molecular flexibility index (Phi) is 8.79. The molecule has 4 heterocycles. The van der Waals surface area contributed by atoms with E-state index in [-0.39, 0.29) is 5.41 Å². The third-order valence-corrected chi connectivity index (χ3v) is 8.88. The average Bonchev–Trinajstić information content (AvgIpc) is 3.70. The van der Waals surface area contributed by atoms with Crippen molar-refractivity contribution >= 4 is 5.97 Å². The molecule has 3 N–H and O–H groups in total. The summed E-state index contributed by atoms with van der Waals surface area (Å²) in [5, 5.41) is 10.1. The summed E-state index contributed by atoms with van der Waals surface area (Å²) < 4.78 is 0. The van der Waals surface area contributed by atoms with Crippen LogP contribution in [0.2, 0.25) is 0 Å². The number of carboxylic acid groups (broad SMARTS) is 1. The lowest BCUT2D eigenvalue weighted by Crippen LogP contribution is -2.45. The number of likely N-dealkylation sites (tertiary alicyclic amines) is 2. The molecule has 0 aliphatic carbocycles. The second-order valence-electron chi connectivity index (χ2n) is 11.5. The Balaban J connectivity index is 1.21. The first kappa shape index (κ1) is 27.6. The van der Waals surface area contributed by atoms with Crippen LogP contribution in [0.5, 0.6) is 0 Å². The first-order chi connectivity index (χ1) is 19.0. The fraction of sp³-hybridized carbons (Fsp3) is 0.567. The van der Waals surface area contributed by atoms with Gasteiger partial charge in [0.05, 0.1) is 13.1 Å². The standard InChI is InChI=1S/C30H43N7O2/c1-3-25(4-2)36-15-9-30(10-16-36)17-26(29(38)39)37(22-30)19-24-7-5-23(6-8-24)18-35(20-27-31-11-12-32-27)21-28-33-13-14-34-28/h5-8,11-14,25-26H,3-4,9-10,15-22H2,1-2H3,(H,31,32)(H,33,34)(H,38,39)/t26-/m0/s1. The molecular formula is C30H43N7O2. The van der Waals surface area contributed by atoms with Crippen LogP contribution in [-0.4, -0.2) is 77.4 Å². The van der Waals surface area contributed by atoms with Gasteiger partial charge in [-0.3, -0.25) is 14.6 Å². The SMILES string of the molecule is CCC(CC)N1CCC2(CC1)C[C@@H](C(=O)O)N(Cc1ccc(CN(Cc3ncc[nH]3)Cc3ncc[nH]3)cc1)C2. The van der Waals surface area contributed by atoms with Gasteiger partial charge in [0.2, 0.25) is 0 Å². The number of imidazole rings is 2. The van der Waals surface area contributed by atoms with Crippen molar-refractivity contribution in [1.29, 1.82) is 0 Å². The van der Waals surface area contributed by atoms with Gasteiger partial charge in [-0.25, -0.2) is 9.97 Å². The molecule has 5 rings (SSSR count). The molecule has 9 heteroatoms. The molecule has 9 nitrogen and oxygen atoms in total. The molecule has 2 aromatic heterocycles. The summed E-state index contributed by atoms with van der Waals surface area (Å²) in [7, 11) is 0. The van der Waals surface area contributed by atoms with Crippen molar-refractivity contribution in [1.82, 2.24) is 34.6 Å². The molecule has 0 saturated carbocycles. The molecule has 2 aliphatic heterocycles. The highest BCUT2D eigenvalue weighted by Crippen LogP contribution is 2.44. The second-order valence-corrected chi connectivity index (χ2v) is 11.5. The topological polar surface area (TPSA) is 104 Å². The van der Waals surface area contributed by atoms with Gasteiger partial charge in [0.1, 0.15) is 17.7 Å². The van der Waals surface area contributed by atoms with Crippen LogP contribution in [0.15, 0.2) is 49.1 Å². The molecule has 3 aromatic rings. The molecule has 0 bridgehead atoms. The zero-order valence-corrected chi connectivity index (χ0v) is 23.4. The maximum Gasteiger partial charge on any atom is 0.320 e. The molecule has 0 unspecified atom stereocenters. The Labute approximate surface area is 231 Å². The minimum atomic E-state index is -0.683. The number of hydrogen-bond acceptors (Lipinski definition) is 6. The van der Waals surface area contributed by atoms with Gasteiger partial charge < -0.3 is 20.0 Å². The van der Waals surface area contributed by atoms with Gasteiger partial charge in [-0.1, -0.05) is 38.1 Å². The van der Waals surface area contributed by atoms with Crippen LogP contribution in [0.3, 0.4) is 0 Å². The number of aliphatic carboxylic acids is 1. The summed E-state index contributed by atoms with van der Waals surface area (Å²) in [6.45, 7) is 10.4. The zero-order valence-electron chi connectivity index (χ0n) is 23.4. The minimum absolute atomic E-state index is 0.129. The van der Waals surface area contributed by atoms with Crippen LogP contribution in [0.1, 0.15) is 68.7 Å². The normalized spacial score (nSPS) is 19.9. The number of nitrogens with one attached hydrogen (secondary N) is 2. The molecule has 1 aromatic carbocycles. The fourth-order valence-corrected chi connectivity index (χ4v) is 6.69. The Hall–Kier alpha value is -3.01. The predicted octanol–water partition coefficient (Wildman–Crippen LogP) is 4.26. The summed E-state index contributed by atoms with van der Waals surface area (Å²) in [4.78, 5) is 34.6. The first-order valence-electron chi connectivity index (χ1n) is 14.4. The lowest BCUT2D eigenvalue weighted by Gasteiger charge is -2.42. The van der Waals surface area contributed by atoms with Gasteiger partial charge in [-0.05, 0) is 61.7 Å². The van der Waals surface area contributed by atoms with E-state index in [1.807, 2.05) is 12.4 Å². The highest BCUT2D eigenvalue weighted by atomic mass is 16.4. The van der Waals surface area contributed by atoms with Crippen LogP contribution in [0, 0.1) is 5.41 Å². The minimum Gasteiger partial charge on any atom is -0.480 e. The number of piperidine rings is 1. The van der Waals surface area contributed by atoms with Crippen molar-refractivity contribution in [2.24, 2.45) is 5.41 Å². The summed E-state index contributed by atoms with van der Waals surface area (Å²) in [5.41, 5.74) is 2.50. The number of rotatable bonds is 12. The van der Waals surface area contributed by atoms with Crippen LogP contribution < -0.4 is 0 Å². The number of nitrogens with zero attached hydrogens (tertiary/aromatic N) is 5. The van der Waals surface area contributed by atoms with E-state index in [2.05, 4.69) is 72.7 Å². The maximum absolute atomic E-state index is 12.3. The van der Waals surface area contributed by atoms with Gasteiger partial charge in [-0.2, -0.15) is 0 Å². The highest BCUT2D eigenvalue weighted by Gasteiger charge is 2.48. The average molecular weight is 534 g/mol. The Morgan fingerprint density at radius 2 is 1.59 bits per heavy atom. The monoisotopic (exact) mass is 533 g/mol. The summed E-state index contributed by atoms with van der Waals surface area (Å²) in [6.07, 6.45) is 12.6. The quantitative estimate of drug-likeness (QED) is 0.319. The van der Waals surface area contributed by atoms with Crippen molar-refractivity contribution in [3.63, 3.8) is 0 Å². The van der Waals surface area contributed by atoms with Gasteiger partial charge in [-0.15, -0.1) is 0 Å². The smallest absolute Gasteiger partial charge is 0.320 e. The lowest BCUT2D eigenvalue weighted by molar-refractivity contribution is -0.142. The van der Waals surface area contributed by atoms with E-state index in [0.717, 1.165) is 57.1 Å². The van der Waals surface area contributed by atoms with Gasteiger partial charge >= 0.3 is 5.97 Å². The van der Waals surface area contributed by atoms with Crippen molar-refractivity contribution in [3.8, 4) is 0 Å². The molecule has 0 amide bonds. The summed E-state index contributed by atoms with van der Waals surface area (Å²) in [5.74, 6) is 1.16. The largest absolute Gasteiger partial charge is 0.480 e.